The SMILES string of the molecule is O=C(O)C[C@H]1C[C@@H](C2CCCCCCC2)CN(Cc2ccc(C(F)(F)F)cc2)C1. The van der Waals surface area contributed by atoms with Crippen LogP contribution in [0.5, 0.6) is 0 Å². The summed E-state index contributed by atoms with van der Waals surface area (Å²) in [7, 11) is 0. The molecule has 1 aromatic carbocycles. The van der Waals surface area contributed by atoms with Gasteiger partial charge in [-0.2, -0.15) is 13.2 Å². The fourth-order valence-corrected chi connectivity index (χ4v) is 5.23. The Morgan fingerprint density at radius 2 is 1.59 bits per heavy atom. The second kappa shape index (κ2) is 9.96. The smallest absolute Gasteiger partial charge is 0.416 e. The van der Waals surface area contributed by atoms with Crippen molar-refractivity contribution in [2.45, 2.75) is 70.5 Å². The minimum Gasteiger partial charge on any atom is -0.481 e. The first kappa shape index (κ1) is 22.1. The summed E-state index contributed by atoms with van der Waals surface area (Å²) in [5.74, 6) is 0.483. The van der Waals surface area contributed by atoms with Gasteiger partial charge in [-0.05, 0) is 41.9 Å². The standard InChI is InChI=1S/C23H32F3NO2/c24-23(25,26)21-10-8-17(9-11-21)14-27-15-18(13-22(28)29)12-20(16-27)19-6-4-2-1-3-5-7-19/h8-11,18-20H,1-7,12-16H2,(H,28,29)/t18-,20-/m1/s1. The second-order valence-corrected chi connectivity index (χ2v) is 8.95. The highest BCUT2D eigenvalue weighted by molar-refractivity contribution is 5.67. The molecule has 2 atom stereocenters. The number of carbonyl (C=O) groups is 1. The number of benzene rings is 1. The maximum absolute atomic E-state index is 12.8. The summed E-state index contributed by atoms with van der Waals surface area (Å²) in [6.45, 7) is 2.20. The lowest BCUT2D eigenvalue weighted by Crippen LogP contribution is -2.43. The van der Waals surface area contributed by atoms with Crippen molar-refractivity contribution in [3.63, 3.8) is 0 Å². The number of alkyl halides is 3. The first-order valence-electron chi connectivity index (χ1n) is 10.9. The summed E-state index contributed by atoms with van der Waals surface area (Å²) < 4.78 is 38.4. The molecule has 0 bridgehead atoms. The van der Waals surface area contributed by atoms with Gasteiger partial charge in [0.05, 0.1) is 5.56 Å². The monoisotopic (exact) mass is 411 g/mol. The van der Waals surface area contributed by atoms with Crippen LogP contribution in [0.4, 0.5) is 13.2 Å². The molecule has 2 aliphatic rings. The van der Waals surface area contributed by atoms with Crippen LogP contribution in [0.15, 0.2) is 24.3 Å². The zero-order chi connectivity index (χ0) is 20.9. The third-order valence-corrected chi connectivity index (χ3v) is 6.61. The first-order valence-corrected chi connectivity index (χ1v) is 10.9. The van der Waals surface area contributed by atoms with Crippen LogP contribution in [0.2, 0.25) is 0 Å². The normalized spacial score (nSPS) is 25.3. The highest BCUT2D eigenvalue weighted by Crippen LogP contribution is 2.37. The Balaban J connectivity index is 1.68. The topological polar surface area (TPSA) is 40.5 Å². The third-order valence-electron chi connectivity index (χ3n) is 6.61. The summed E-state index contributed by atoms with van der Waals surface area (Å²) in [6, 6.07) is 5.38. The lowest BCUT2D eigenvalue weighted by molar-refractivity contribution is -0.139. The molecule has 3 nitrogen and oxygen atoms in total. The number of halogens is 3. The van der Waals surface area contributed by atoms with Gasteiger partial charge in [0, 0.05) is 26.1 Å². The highest BCUT2D eigenvalue weighted by Gasteiger charge is 2.33. The van der Waals surface area contributed by atoms with Gasteiger partial charge in [-0.3, -0.25) is 9.69 Å². The van der Waals surface area contributed by atoms with Crippen LogP contribution in [-0.2, 0) is 17.5 Å². The molecule has 1 N–H and O–H groups in total. The van der Waals surface area contributed by atoms with E-state index in [9.17, 15) is 23.1 Å². The van der Waals surface area contributed by atoms with E-state index in [2.05, 4.69) is 4.90 Å². The van der Waals surface area contributed by atoms with Gasteiger partial charge in [0.15, 0.2) is 0 Å². The van der Waals surface area contributed by atoms with Gasteiger partial charge < -0.3 is 5.11 Å². The molecule has 1 aliphatic carbocycles. The molecule has 162 valence electrons. The van der Waals surface area contributed by atoms with Crippen LogP contribution >= 0.6 is 0 Å². The van der Waals surface area contributed by atoms with E-state index in [-0.39, 0.29) is 12.3 Å². The van der Waals surface area contributed by atoms with E-state index in [4.69, 9.17) is 0 Å². The number of carboxylic acids is 1. The fraction of sp³-hybridized carbons (Fsp3) is 0.696. The predicted octanol–water partition coefficient (Wildman–Crippen LogP) is 5.98. The highest BCUT2D eigenvalue weighted by atomic mass is 19.4. The first-order chi connectivity index (χ1) is 13.8. The van der Waals surface area contributed by atoms with E-state index >= 15 is 0 Å². The Morgan fingerprint density at radius 1 is 0.966 bits per heavy atom. The Labute approximate surface area is 171 Å². The van der Waals surface area contributed by atoms with Gasteiger partial charge in [-0.15, -0.1) is 0 Å². The molecule has 0 unspecified atom stereocenters. The maximum atomic E-state index is 12.8. The van der Waals surface area contributed by atoms with Crippen LogP contribution in [0.25, 0.3) is 0 Å². The van der Waals surface area contributed by atoms with Gasteiger partial charge >= 0.3 is 12.1 Å². The summed E-state index contributed by atoms with van der Waals surface area (Å²) in [4.78, 5) is 13.6. The molecular formula is C23H32F3NO2. The zero-order valence-electron chi connectivity index (χ0n) is 17.0. The van der Waals surface area contributed by atoms with Crippen molar-refractivity contribution in [2.75, 3.05) is 13.1 Å². The predicted molar refractivity (Wildman–Crippen MR) is 106 cm³/mol. The lowest BCUT2D eigenvalue weighted by atomic mass is 9.74. The average molecular weight is 412 g/mol. The van der Waals surface area contributed by atoms with Crippen molar-refractivity contribution < 1.29 is 23.1 Å². The molecule has 0 radical (unpaired) electrons. The van der Waals surface area contributed by atoms with Gasteiger partial charge in [-0.1, -0.05) is 57.1 Å². The van der Waals surface area contributed by atoms with Crippen LogP contribution in [-0.4, -0.2) is 29.1 Å². The number of aliphatic carboxylic acids is 1. The third kappa shape index (κ3) is 6.73. The number of piperidine rings is 1. The molecule has 0 amide bonds. The molecule has 1 saturated carbocycles. The van der Waals surface area contributed by atoms with E-state index < -0.39 is 17.7 Å². The molecule has 29 heavy (non-hydrogen) atoms. The van der Waals surface area contributed by atoms with Crippen LogP contribution in [0.1, 0.15) is 68.9 Å². The van der Waals surface area contributed by atoms with Crippen molar-refractivity contribution in [1.29, 1.82) is 0 Å². The van der Waals surface area contributed by atoms with Crippen LogP contribution in [0, 0.1) is 17.8 Å². The van der Waals surface area contributed by atoms with E-state index in [0.717, 1.165) is 30.7 Å². The number of hydrogen-bond donors (Lipinski definition) is 1. The van der Waals surface area contributed by atoms with E-state index in [1.54, 1.807) is 12.1 Å². The van der Waals surface area contributed by atoms with Crippen molar-refractivity contribution in [1.82, 2.24) is 4.90 Å². The van der Waals surface area contributed by atoms with Crippen molar-refractivity contribution >= 4 is 5.97 Å². The number of nitrogens with zero attached hydrogens (tertiary/aromatic N) is 1. The summed E-state index contributed by atoms with van der Waals surface area (Å²) in [6.07, 6.45) is 5.66. The summed E-state index contributed by atoms with van der Waals surface area (Å²) in [5.41, 5.74) is 0.224. The van der Waals surface area contributed by atoms with Gasteiger partial charge in [0.1, 0.15) is 0 Å². The van der Waals surface area contributed by atoms with E-state index in [1.807, 2.05) is 0 Å². The Hall–Kier alpha value is -1.56. The van der Waals surface area contributed by atoms with Gasteiger partial charge in [-0.25, -0.2) is 0 Å². The molecule has 1 aliphatic heterocycles. The number of carboxylic acid groups (broad SMARTS) is 1. The fourth-order valence-electron chi connectivity index (χ4n) is 5.23. The van der Waals surface area contributed by atoms with E-state index in [1.165, 1.54) is 44.9 Å². The molecule has 1 heterocycles. The molecular weight excluding hydrogens is 379 g/mol. The van der Waals surface area contributed by atoms with Gasteiger partial charge in [0.2, 0.25) is 0 Å². The summed E-state index contributed by atoms with van der Waals surface area (Å²) in [5, 5.41) is 9.30. The summed E-state index contributed by atoms with van der Waals surface area (Å²) >= 11 is 0. The quantitative estimate of drug-likeness (QED) is 0.648. The van der Waals surface area contributed by atoms with Gasteiger partial charge in [0.25, 0.3) is 0 Å². The molecule has 6 heteroatoms. The molecule has 0 spiro atoms. The van der Waals surface area contributed by atoms with E-state index in [0.29, 0.717) is 24.9 Å². The molecule has 1 saturated heterocycles. The molecule has 1 aromatic rings. The molecule has 3 rings (SSSR count). The maximum Gasteiger partial charge on any atom is 0.416 e. The number of hydrogen-bond acceptors (Lipinski definition) is 2. The lowest BCUT2D eigenvalue weighted by Gasteiger charge is -2.41. The average Bonchev–Trinajstić information content (AvgIpc) is 2.60. The number of rotatable bonds is 5. The largest absolute Gasteiger partial charge is 0.481 e. The van der Waals surface area contributed by atoms with Crippen molar-refractivity contribution in [3.8, 4) is 0 Å². The van der Waals surface area contributed by atoms with Crippen molar-refractivity contribution in [2.24, 2.45) is 17.8 Å². The van der Waals surface area contributed by atoms with Crippen LogP contribution in [0.3, 0.4) is 0 Å². The Bertz CT molecular complexity index is 651. The minimum absolute atomic E-state index is 0.117. The van der Waals surface area contributed by atoms with Crippen LogP contribution < -0.4 is 0 Å². The Morgan fingerprint density at radius 3 is 2.17 bits per heavy atom. The van der Waals surface area contributed by atoms with Crippen molar-refractivity contribution in [3.05, 3.63) is 35.4 Å². The zero-order valence-corrected chi connectivity index (χ0v) is 17.0. The number of likely N-dealkylation sites (tertiary alicyclic amines) is 1. The Kier molecular flexibility index (Phi) is 7.60. The minimum atomic E-state index is -4.32. The molecule has 0 aromatic heterocycles. The molecule has 2 fully saturated rings. The second-order valence-electron chi connectivity index (χ2n) is 8.95.